The lowest BCUT2D eigenvalue weighted by molar-refractivity contribution is -0.120. The van der Waals surface area contributed by atoms with Gasteiger partial charge in [0, 0.05) is 11.8 Å². The minimum atomic E-state index is -0.297. The third-order valence-corrected chi connectivity index (χ3v) is 4.23. The second-order valence-corrected chi connectivity index (χ2v) is 5.78. The number of benzene rings is 1. The monoisotopic (exact) mass is 276 g/mol. The molecule has 0 saturated heterocycles. The zero-order chi connectivity index (χ0) is 14.5. The van der Waals surface area contributed by atoms with Crippen LogP contribution in [0.3, 0.4) is 0 Å². The van der Waals surface area contributed by atoms with Crippen LogP contribution in [0.1, 0.15) is 32.6 Å². The van der Waals surface area contributed by atoms with Gasteiger partial charge in [0.2, 0.25) is 5.91 Å². The first-order valence-corrected chi connectivity index (χ1v) is 7.30. The highest BCUT2D eigenvalue weighted by atomic mass is 16.5. The third-order valence-electron chi connectivity index (χ3n) is 4.23. The SMILES string of the molecule is COc1cccc(NC(C(N)=O)C2CCC(C)CC2)c1. The van der Waals surface area contributed by atoms with Crippen LogP contribution < -0.4 is 15.8 Å². The molecule has 0 aliphatic heterocycles. The second kappa shape index (κ2) is 6.64. The molecule has 0 radical (unpaired) electrons. The van der Waals surface area contributed by atoms with Crippen molar-refractivity contribution in [1.29, 1.82) is 0 Å². The van der Waals surface area contributed by atoms with Crippen molar-refractivity contribution in [2.75, 3.05) is 12.4 Å². The number of methoxy groups -OCH3 is 1. The maximum Gasteiger partial charge on any atom is 0.240 e. The summed E-state index contributed by atoms with van der Waals surface area (Å²) in [5.74, 6) is 1.59. The number of amides is 1. The second-order valence-electron chi connectivity index (χ2n) is 5.78. The summed E-state index contributed by atoms with van der Waals surface area (Å²) in [5, 5.41) is 3.28. The number of ether oxygens (including phenoxy) is 1. The topological polar surface area (TPSA) is 64.3 Å². The molecule has 1 aliphatic rings. The van der Waals surface area contributed by atoms with E-state index in [1.807, 2.05) is 24.3 Å². The molecule has 1 atom stereocenters. The number of primary amides is 1. The molecule has 4 nitrogen and oxygen atoms in total. The van der Waals surface area contributed by atoms with E-state index in [0.29, 0.717) is 5.92 Å². The third kappa shape index (κ3) is 3.65. The molecule has 0 spiro atoms. The number of hydrogen-bond donors (Lipinski definition) is 2. The van der Waals surface area contributed by atoms with Gasteiger partial charge in [0.25, 0.3) is 0 Å². The Labute approximate surface area is 120 Å². The van der Waals surface area contributed by atoms with Crippen LogP contribution in [0.4, 0.5) is 5.69 Å². The summed E-state index contributed by atoms with van der Waals surface area (Å²) in [6, 6.07) is 7.31. The molecular formula is C16H24N2O2. The van der Waals surface area contributed by atoms with Gasteiger partial charge in [-0.15, -0.1) is 0 Å². The lowest BCUT2D eigenvalue weighted by atomic mass is 9.79. The summed E-state index contributed by atoms with van der Waals surface area (Å²) in [7, 11) is 1.63. The van der Waals surface area contributed by atoms with Crippen LogP contribution in [0.25, 0.3) is 0 Å². The number of nitrogens with one attached hydrogen (secondary N) is 1. The standard InChI is InChI=1S/C16H24N2O2/c1-11-6-8-12(9-7-11)15(16(17)19)18-13-4-3-5-14(10-13)20-2/h3-5,10-12,15,18H,6-9H2,1-2H3,(H2,17,19). The Hall–Kier alpha value is -1.71. The Morgan fingerprint density at radius 2 is 2.05 bits per heavy atom. The van der Waals surface area contributed by atoms with Gasteiger partial charge in [0.05, 0.1) is 7.11 Å². The predicted octanol–water partition coefficient (Wildman–Crippen LogP) is 2.79. The van der Waals surface area contributed by atoms with Crippen molar-refractivity contribution in [3.8, 4) is 5.75 Å². The van der Waals surface area contributed by atoms with Gasteiger partial charge in [0.1, 0.15) is 11.8 Å². The predicted molar refractivity (Wildman–Crippen MR) is 80.7 cm³/mol. The number of hydrogen-bond acceptors (Lipinski definition) is 3. The van der Waals surface area contributed by atoms with E-state index in [9.17, 15) is 4.79 Å². The largest absolute Gasteiger partial charge is 0.497 e. The van der Waals surface area contributed by atoms with Crippen LogP contribution >= 0.6 is 0 Å². The van der Waals surface area contributed by atoms with E-state index < -0.39 is 0 Å². The van der Waals surface area contributed by atoms with Crippen LogP contribution in [0.5, 0.6) is 5.75 Å². The summed E-state index contributed by atoms with van der Waals surface area (Å²) >= 11 is 0. The van der Waals surface area contributed by atoms with E-state index >= 15 is 0 Å². The normalized spacial score (nSPS) is 23.9. The average Bonchev–Trinajstić information content (AvgIpc) is 2.46. The van der Waals surface area contributed by atoms with E-state index in [0.717, 1.165) is 30.2 Å². The zero-order valence-electron chi connectivity index (χ0n) is 12.3. The zero-order valence-corrected chi connectivity index (χ0v) is 12.3. The van der Waals surface area contributed by atoms with E-state index in [-0.39, 0.29) is 11.9 Å². The van der Waals surface area contributed by atoms with E-state index in [1.165, 1.54) is 12.8 Å². The first kappa shape index (κ1) is 14.7. The molecule has 3 N–H and O–H groups in total. The lowest BCUT2D eigenvalue weighted by Crippen LogP contribution is -2.42. The molecule has 0 bridgehead atoms. The number of carbonyl (C=O) groups is 1. The molecule has 2 rings (SSSR count). The molecule has 0 heterocycles. The fourth-order valence-corrected chi connectivity index (χ4v) is 2.93. The van der Waals surface area contributed by atoms with E-state index in [4.69, 9.17) is 10.5 Å². The average molecular weight is 276 g/mol. The van der Waals surface area contributed by atoms with Gasteiger partial charge in [-0.2, -0.15) is 0 Å². The lowest BCUT2D eigenvalue weighted by Gasteiger charge is -2.32. The molecule has 4 heteroatoms. The quantitative estimate of drug-likeness (QED) is 0.869. The fourth-order valence-electron chi connectivity index (χ4n) is 2.93. The van der Waals surface area contributed by atoms with Crippen LogP contribution in [0, 0.1) is 11.8 Å². The summed E-state index contributed by atoms with van der Waals surface area (Å²) in [5.41, 5.74) is 6.47. The Morgan fingerprint density at radius 1 is 1.35 bits per heavy atom. The molecule has 1 aromatic rings. The Kier molecular flexibility index (Phi) is 4.88. The smallest absolute Gasteiger partial charge is 0.240 e. The number of nitrogens with two attached hydrogens (primary N) is 1. The first-order chi connectivity index (χ1) is 9.60. The molecule has 1 fully saturated rings. The highest BCUT2D eigenvalue weighted by molar-refractivity contribution is 5.83. The van der Waals surface area contributed by atoms with Crippen molar-refractivity contribution in [3.63, 3.8) is 0 Å². The van der Waals surface area contributed by atoms with Gasteiger partial charge < -0.3 is 15.8 Å². The van der Waals surface area contributed by atoms with Crippen molar-refractivity contribution in [2.24, 2.45) is 17.6 Å². The van der Waals surface area contributed by atoms with Crippen molar-refractivity contribution < 1.29 is 9.53 Å². The van der Waals surface area contributed by atoms with Crippen LogP contribution in [0.15, 0.2) is 24.3 Å². The van der Waals surface area contributed by atoms with Crippen molar-refractivity contribution in [2.45, 2.75) is 38.6 Å². The fraction of sp³-hybridized carbons (Fsp3) is 0.562. The molecule has 1 unspecified atom stereocenters. The van der Waals surface area contributed by atoms with Crippen LogP contribution in [0.2, 0.25) is 0 Å². The van der Waals surface area contributed by atoms with Gasteiger partial charge >= 0.3 is 0 Å². The summed E-state index contributed by atoms with van der Waals surface area (Å²) in [6.07, 6.45) is 4.47. The summed E-state index contributed by atoms with van der Waals surface area (Å²) in [6.45, 7) is 2.27. The Balaban J connectivity index is 2.07. The van der Waals surface area contributed by atoms with Crippen molar-refractivity contribution in [3.05, 3.63) is 24.3 Å². The first-order valence-electron chi connectivity index (χ1n) is 7.30. The number of anilines is 1. The number of rotatable bonds is 5. The minimum Gasteiger partial charge on any atom is -0.497 e. The van der Waals surface area contributed by atoms with Crippen molar-refractivity contribution in [1.82, 2.24) is 0 Å². The molecule has 110 valence electrons. The Morgan fingerprint density at radius 3 is 2.65 bits per heavy atom. The molecule has 1 saturated carbocycles. The number of carbonyl (C=O) groups excluding carboxylic acids is 1. The Bertz CT molecular complexity index is 454. The van der Waals surface area contributed by atoms with Gasteiger partial charge in [0.15, 0.2) is 0 Å². The molecule has 0 aromatic heterocycles. The molecule has 1 amide bonds. The van der Waals surface area contributed by atoms with Crippen molar-refractivity contribution >= 4 is 11.6 Å². The van der Waals surface area contributed by atoms with E-state index in [2.05, 4.69) is 12.2 Å². The van der Waals surface area contributed by atoms with Gasteiger partial charge in [-0.3, -0.25) is 4.79 Å². The van der Waals surface area contributed by atoms with E-state index in [1.54, 1.807) is 7.11 Å². The van der Waals surface area contributed by atoms with Crippen LogP contribution in [-0.4, -0.2) is 19.1 Å². The van der Waals surface area contributed by atoms with Gasteiger partial charge in [-0.25, -0.2) is 0 Å². The summed E-state index contributed by atoms with van der Waals surface area (Å²) < 4.78 is 5.20. The molecular weight excluding hydrogens is 252 g/mol. The maximum absolute atomic E-state index is 11.8. The summed E-state index contributed by atoms with van der Waals surface area (Å²) in [4.78, 5) is 11.8. The highest BCUT2D eigenvalue weighted by Gasteiger charge is 2.29. The molecule has 1 aliphatic carbocycles. The maximum atomic E-state index is 11.8. The van der Waals surface area contributed by atoms with Crippen LogP contribution in [-0.2, 0) is 4.79 Å². The molecule has 20 heavy (non-hydrogen) atoms. The van der Waals surface area contributed by atoms with Gasteiger partial charge in [-0.1, -0.05) is 25.8 Å². The van der Waals surface area contributed by atoms with Gasteiger partial charge in [-0.05, 0) is 36.8 Å². The molecule has 1 aromatic carbocycles. The minimum absolute atomic E-state index is 0.271. The highest BCUT2D eigenvalue weighted by Crippen LogP contribution is 2.32.